The van der Waals surface area contributed by atoms with Crippen LogP contribution in [0.5, 0.6) is 5.75 Å². The summed E-state index contributed by atoms with van der Waals surface area (Å²) in [6.07, 6.45) is -1.57. The summed E-state index contributed by atoms with van der Waals surface area (Å²) in [6.45, 7) is -0.921. The standard InChI is InChI=1S/C14H13F2N5O6/c15-12(16)8-27-11-6-9(5-10(7-11)20(23)24)17-14(22)2-4-19-3-1-13(18-19)21(25)26/h1,3,5-7,12H,2,4,8H2,(H,17,22). The van der Waals surface area contributed by atoms with Gasteiger partial charge in [0.05, 0.1) is 40.6 Å². The third-order valence-corrected chi connectivity index (χ3v) is 3.14. The molecule has 1 aromatic carbocycles. The van der Waals surface area contributed by atoms with Crippen LogP contribution >= 0.6 is 0 Å². The van der Waals surface area contributed by atoms with E-state index in [1.165, 1.54) is 23.0 Å². The number of alkyl halides is 2. The molecule has 11 nitrogen and oxygen atoms in total. The molecule has 2 rings (SSSR count). The lowest BCUT2D eigenvalue weighted by Crippen LogP contribution is -2.15. The number of nitro groups is 2. The number of ether oxygens (including phenoxy) is 1. The van der Waals surface area contributed by atoms with Crippen molar-refractivity contribution in [1.29, 1.82) is 0 Å². The lowest BCUT2D eigenvalue weighted by atomic mass is 10.2. The van der Waals surface area contributed by atoms with Crippen LogP contribution in [0, 0.1) is 20.2 Å². The van der Waals surface area contributed by atoms with Crippen molar-refractivity contribution in [3.8, 4) is 5.75 Å². The molecule has 0 spiro atoms. The summed E-state index contributed by atoms with van der Waals surface area (Å²) in [6, 6.07) is 4.35. The summed E-state index contributed by atoms with van der Waals surface area (Å²) < 4.78 is 30.4. The largest absolute Gasteiger partial charge is 0.487 e. The molecule has 1 amide bonds. The topological polar surface area (TPSA) is 142 Å². The number of hydrogen-bond donors (Lipinski definition) is 1. The van der Waals surface area contributed by atoms with Gasteiger partial charge >= 0.3 is 5.82 Å². The Kier molecular flexibility index (Phi) is 6.30. The number of carbonyl (C=O) groups is 1. The Labute approximate surface area is 149 Å². The number of anilines is 1. The van der Waals surface area contributed by atoms with Crippen molar-refractivity contribution >= 4 is 23.1 Å². The number of nitrogens with zero attached hydrogens (tertiary/aromatic N) is 4. The number of carbonyl (C=O) groups excluding carboxylic acids is 1. The first-order valence-electron chi connectivity index (χ1n) is 7.42. The van der Waals surface area contributed by atoms with Crippen molar-refractivity contribution in [1.82, 2.24) is 9.78 Å². The minimum Gasteiger partial charge on any atom is -0.487 e. The third kappa shape index (κ3) is 5.98. The molecule has 0 aliphatic heterocycles. The first kappa shape index (κ1) is 19.7. The summed E-state index contributed by atoms with van der Waals surface area (Å²) in [5, 5.41) is 27.5. The fourth-order valence-electron chi connectivity index (χ4n) is 2.02. The Morgan fingerprint density at radius 3 is 2.59 bits per heavy atom. The lowest BCUT2D eigenvalue weighted by molar-refractivity contribution is -0.389. The van der Waals surface area contributed by atoms with Gasteiger partial charge in [0.2, 0.25) is 5.91 Å². The number of non-ortho nitro benzene ring substituents is 1. The second kappa shape index (κ2) is 8.64. The second-order valence-corrected chi connectivity index (χ2v) is 5.17. The molecular formula is C14H13F2N5O6. The maximum atomic E-state index is 12.2. The van der Waals surface area contributed by atoms with Gasteiger partial charge in [0.15, 0.2) is 0 Å². The molecular weight excluding hydrogens is 372 g/mol. The zero-order chi connectivity index (χ0) is 20.0. The molecule has 0 aliphatic rings. The Morgan fingerprint density at radius 1 is 1.26 bits per heavy atom. The number of nitro benzene ring substituents is 1. The Bertz CT molecular complexity index is 856. The van der Waals surface area contributed by atoms with Crippen molar-refractivity contribution in [3.63, 3.8) is 0 Å². The summed E-state index contributed by atoms with van der Waals surface area (Å²) >= 11 is 0. The van der Waals surface area contributed by atoms with Gasteiger partial charge in [-0.15, -0.1) is 0 Å². The molecule has 0 bridgehead atoms. The molecule has 13 heteroatoms. The maximum absolute atomic E-state index is 12.2. The van der Waals surface area contributed by atoms with E-state index in [4.69, 9.17) is 4.74 Å². The molecule has 0 unspecified atom stereocenters. The maximum Gasteiger partial charge on any atom is 0.389 e. The molecule has 0 aliphatic carbocycles. The molecule has 0 atom stereocenters. The van der Waals surface area contributed by atoms with Gasteiger partial charge in [-0.25, -0.2) is 8.78 Å². The van der Waals surface area contributed by atoms with E-state index < -0.39 is 34.5 Å². The first-order chi connectivity index (χ1) is 12.7. The first-order valence-corrected chi connectivity index (χ1v) is 7.42. The number of hydrogen-bond acceptors (Lipinski definition) is 7. The van der Waals surface area contributed by atoms with Crippen LogP contribution in [0.2, 0.25) is 0 Å². The highest BCUT2D eigenvalue weighted by atomic mass is 19.3. The van der Waals surface area contributed by atoms with E-state index in [9.17, 15) is 33.8 Å². The monoisotopic (exact) mass is 385 g/mol. The summed E-state index contributed by atoms with van der Waals surface area (Å²) in [7, 11) is 0. The van der Waals surface area contributed by atoms with E-state index in [-0.39, 0.29) is 30.2 Å². The Morgan fingerprint density at radius 2 is 2.00 bits per heavy atom. The third-order valence-electron chi connectivity index (χ3n) is 3.14. The van der Waals surface area contributed by atoms with Crippen molar-refractivity contribution in [2.45, 2.75) is 19.4 Å². The van der Waals surface area contributed by atoms with Crippen LogP contribution in [-0.2, 0) is 11.3 Å². The SMILES string of the molecule is O=C(CCn1ccc([N+](=O)[O-])n1)Nc1cc(OCC(F)F)cc([N+](=O)[O-])c1. The molecule has 1 heterocycles. The van der Waals surface area contributed by atoms with Gasteiger partial charge in [0.25, 0.3) is 12.1 Å². The van der Waals surface area contributed by atoms with E-state index >= 15 is 0 Å². The highest BCUT2D eigenvalue weighted by Crippen LogP contribution is 2.26. The number of nitrogens with one attached hydrogen (secondary N) is 1. The smallest absolute Gasteiger partial charge is 0.389 e. The number of aryl methyl sites for hydroxylation is 1. The van der Waals surface area contributed by atoms with E-state index in [2.05, 4.69) is 10.4 Å². The predicted octanol–water partition coefficient (Wildman–Crippen LogP) is 2.37. The normalized spacial score (nSPS) is 10.6. The van der Waals surface area contributed by atoms with Crippen molar-refractivity contribution in [2.75, 3.05) is 11.9 Å². The molecule has 0 radical (unpaired) electrons. The lowest BCUT2D eigenvalue weighted by Gasteiger charge is -2.09. The molecule has 0 saturated carbocycles. The van der Waals surface area contributed by atoms with Gasteiger partial charge in [-0.2, -0.15) is 4.68 Å². The van der Waals surface area contributed by atoms with Gasteiger partial charge in [-0.05, 0) is 4.92 Å². The minimum absolute atomic E-state index is 0.00934. The number of halogens is 2. The van der Waals surface area contributed by atoms with E-state index in [0.29, 0.717) is 0 Å². The van der Waals surface area contributed by atoms with Crippen LogP contribution in [-0.4, -0.2) is 38.6 Å². The molecule has 0 saturated heterocycles. The predicted molar refractivity (Wildman–Crippen MR) is 86.7 cm³/mol. The summed E-state index contributed by atoms with van der Waals surface area (Å²) in [5.41, 5.74) is -0.454. The highest BCUT2D eigenvalue weighted by Gasteiger charge is 2.15. The van der Waals surface area contributed by atoms with Crippen LogP contribution < -0.4 is 10.1 Å². The minimum atomic E-state index is -2.76. The molecule has 144 valence electrons. The fourth-order valence-corrected chi connectivity index (χ4v) is 2.02. The zero-order valence-corrected chi connectivity index (χ0v) is 13.6. The van der Waals surface area contributed by atoms with E-state index in [1.54, 1.807) is 0 Å². The average Bonchev–Trinajstić information content (AvgIpc) is 3.07. The Hall–Kier alpha value is -3.64. The number of amides is 1. The number of aromatic nitrogens is 2. The average molecular weight is 385 g/mol. The number of benzene rings is 1. The van der Waals surface area contributed by atoms with E-state index in [0.717, 1.165) is 12.1 Å². The van der Waals surface area contributed by atoms with Crippen LogP contribution in [0.15, 0.2) is 30.5 Å². The van der Waals surface area contributed by atoms with E-state index in [1.807, 2.05) is 0 Å². The van der Waals surface area contributed by atoms with Crippen LogP contribution in [0.3, 0.4) is 0 Å². The summed E-state index contributed by atoms with van der Waals surface area (Å²) in [4.78, 5) is 32.0. The van der Waals surface area contributed by atoms with Crippen molar-refractivity contribution in [3.05, 3.63) is 50.7 Å². The van der Waals surface area contributed by atoms with Gasteiger partial charge in [-0.3, -0.25) is 14.9 Å². The Balaban J connectivity index is 2.02. The quantitative estimate of drug-likeness (QED) is 0.515. The molecule has 1 aromatic heterocycles. The molecule has 2 aromatic rings. The zero-order valence-electron chi connectivity index (χ0n) is 13.6. The fraction of sp³-hybridized carbons (Fsp3) is 0.286. The van der Waals surface area contributed by atoms with Crippen LogP contribution in [0.4, 0.5) is 26.0 Å². The summed E-state index contributed by atoms with van der Waals surface area (Å²) in [5.74, 6) is -1.12. The molecule has 27 heavy (non-hydrogen) atoms. The molecule has 0 fully saturated rings. The van der Waals surface area contributed by atoms with Crippen molar-refractivity contribution in [2.24, 2.45) is 0 Å². The van der Waals surface area contributed by atoms with Gasteiger partial charge in [0.1, 0.15) is 12.4 Å². The molecule has 1 N–H and O–H groups in total. The van der Waals surface area contributed by atoms with Gasteiger partial charge in [-0.1, -0.05) is 0 Å². The number of rotatable bonds is 9. The van der Waals surface area contributed by atoms with Gasteiger partial charge in [0, 0.05) is 18.6 Å². The van der Waals surface area contributed by atoms with Crippen LogP contribution in [0.1, 0.15) is 6.42 Å². The van der Waals surface area contributed by atoms with Crippen LogP contribution in [0.25, 0.3) is 0 Å². The van der Waals surface area contributed by atoms with Crippen molar-refractivity contribution < 1.29 is 28.2 Å². The van der Waals surface area contributed by atoms with Gasteiger partial charge < -0.3 is 20.2 Å². The highest BCUT2D eigenvalue weighted by molar-refractivity contribution is 5.91. The second-order valence-electron chi connectivity index (χ2n) is 5.17.